The van der Waals surface area contributed by atoms with E-state index in [-0.39, 0.29) is 17.9 Å². The number of H-pyrrole nitrogens is 1. The second kappa shape index (κ2) is 7.85. The highest BCUT2D eigenvalue weighted by molar-refractivity contribution is 6.42. The summed E-state index contributed by atoms with van der Waals surface area (Å²) in [5.41, 5.74) is 2.60. The van der Waals surface area contributed by atoms with Crippen molar-refractivity contribution in [2.75, 3.05) is 6.61 Å². The highest BCUT2D eigenvalue weighted by atomic mass is 35.5. The summed E-state index contributed by atoms with van der Waals surface area (Å²) in [5, 5.41) is 0.741. The summed E-state index contributed by atoms with van der Waals surface area (Å²) < 4.78 is 5.03. The lowest BCUT2D eigenvalue weighted by molar-refractivity contribution is -0.141. The van der Waals surface area contributed by atoms with Gasteiger partial charge in [-0.05, 0) is 44.0 Å². The number of hydrogen-bond acceptors (Lipinski definition) is 4. The molecule has 0 aliphatic carbocycles. The largest absolute Gasteiger partial charge is 0.457 e. The lowest BCUT2D eigenvalue weighted by Crippen LogP contribution is -2.16. The molecule has 0 bridgehead atoms. The summed E-state index contributed by atoms with van der Waals surface area (Å²) in [7, 11) is 0. The zero-order valence-corrected chi connectivity index (χ0v) is 15.5. The highest BCUT2D eigenvalue weighted by Gasteiger charge is 2.20. The predicted octanol–water partition coefficient (Wildman–Crippen LogP) is 4.11. The number of aryl methyl sites for hydroxylation is 1. The molecule has 1 N–H and O–H groups in total. The van der Waals surface area contributed by atoms with Crippen LogP contribution in [0.4, 0.5) is 0 Å². The number of aromatic amines is 1. The molecule has 0 aliphatic heterocycles. The first-order valence-corrected chi connectivity index (χ1v) is 8.29. The van der Waals surface area contributed by atoms with E-state index < -0.39 is 18.4 Å². The van der Waals surface area contributed by atoms with E-state index in [1.54, 1.807) is 32.0 Å². The topological polar surface area (TPSA) is 76.2 Å². The van der Waals surface area contributed by atoms with E-state index in [1.165, 1.54) is 6.92 Å². The number of rotatable bonds is 6. The summed E-state index contributed by atoms with van der Waals surface area (Å²) in [6, 6.07) is 4.82. The first kappa shape index (κ1) is 19.2. The fraction of sp³-hybridized carbons (Fsp3) is 0.278. The Morgan fingerprint density at radius 3 is 2.36 bits per heavy atom. The van der Waals surface area contributed by atoms with Crippen molar-refractivity contribution in [1.29, 1.82) is 0 Å². The van der Waals surface area contributed by atoms with Crippen LogP contribution in [0.2, 0.25) is 10.0 Å². The Bertz CT molecular complexity index is 855. The predicted molar refractivity (Wildman–Crippen MR) is 95.7 cm³/mol. The average molecular weight is 382 g/mol. The Hall–Kier alpha value is -2.11. The average Bonchev–Trinajstić information content (AvgIpc) is 2.83. The molecular weight excluding hydrogens is 365 g/mol. The number of hydrogen-bond donors (Lipinski definition) is 1. The fourth-order valence-corrected chi connectivity index (χ4v) is 2.96. The van der Waals surface area contributed by atoms with Crippen LogP contribution in [0.1, 0.15) is 44.6 Å². The molecule has 0 fully saturated rings. The second-order valence-electron chi connectivity index (χ2n) is 5.69. The Morgan fingerprint density at radius 1 is 1.12 bits per heavy atom. The Kier molecular flexibility index (Phi) is 6.03. The van der Waals surface area contributed by atoms with E-state index in [1.807, 2.05) is 0 Å². The minimum absolute atomic E-state index is 0.0222. The van der Waals surface area contributed by atoms with Gasteiger partial charge in [0.1, 0.15) is 0 Å². The van der Waals surface area contributed by atoms with E-state index in [4.69, 9.17) is 27.9 Å². The zero-order valence-electron chi connectivity index (χ0n) is 14.0. The van der Waals surface area contributed by atoms with Gasteiger partial charge >= 0.3 is 5.97 Å². The molecule has 0 amide bonds. The van der Waals surface area contributed by atoms with E-state index in [0.717, 1.165) is 0 Å². The summed E-state index contributed by atoms with van der Waals surface area (Å²) in [5.74, 6) is -1.07. The molecule has 7 heteroatoms. The highest BCUT2D eigenvalue weighted by Crippen LogP contribution is 2.23. The third kappa shape index (κ3) is 4.50. The van der Waals surface area contributed by atoms with Gasteiger partial charge in [-0.2, -0.15) is 0 Å². The summed E-state index contributed by atoms with van der Waals surface area (Å²) >= 11 is 11.7. The van der Waals surface area contributed by atoms with Gasteiger partial charge in [-0.3, -0.25) is 14.4 Å². The van der Waals surface area contributed by atoms with Crippen LogP contribution in [0.25, 0.3) is 0 Å². The van der Waals surface area contributed by atoms with Crippen LogP contribution < -0.4 is 0 Å². The summed E-state index contributed by atoms with van der Waals surface area (Å²) in [6.45, 7) is 4.44. The van der Waals surface area contributed by atoms with Gasteiger partial charge in [0.2, 0.25) is 5.78 Å². The fourth-order valence-electron chi connectivity index (χ4n) is 2.64. The third-order valence-electron chi connectivity index (χ3n) is 3.77. The lowest BCUT2D eigenvalue weighted by Gasteiger charge is -2.05. The number of Topliss-reactive ketones (excluding diaryl/α,β-unsaturated/α-hetero) is 2. The molecule has 0 radical (unpaired) electrons. The van der Waals surface area contributed by atoms with Crippen molar-refractivity contribution in [2.24, 2.45) is 0 Å². The first-order valence-electron chi connectivity index (χ1n) is 7.53. The number of ketones is 2. The first-order chi connectivity index (χ1) is 11.7. The van der Waals surface area contributed by atoms with Gasteiger partial charge in [0.25, 0.3) is 0 Å². The molecular formula is C18H17Cl2NO4. The Labute approximate surface area is 155 Å². The van der Waals surface area contributed by atoms with Crippen molar-refractivity contribution in [3.8, 4) is 0 Å². The summed E-state index contributed by atoms with van der Waals surface area (Å²) in [4.78, 5) is 38.6. The molecule has 2 aromatic rings. The van der Waals surface area contributed by atoms with E-state index >= 15 is 0 Å². The molecule has 1 aromatic carbocycles. The van der Waals surface area contributed by atoms with Crippen molar-refractivity contribution < 1.29 is 19.1 Å². The van der Waals surface area contributed by atoms with Gasteiger partial charge in [-0.15, -0.1) is 0 Å². The normalized spacial score (nSPS) is 10.6. The van der Waals surface area contributed by atoms with Crippen LogP contribution >= 0.6 is 23.2 Å². The molecule has 2 rings (SSSR count). The lowest BCUT2D eigenvalue weighted by atomic mass is 10.1. The van der Waals surface area contributed by atoms with Crippen molar-refractivity contribution in [1.82, 2.24) is 4.98 Å². The molecule has 5 nitrogen and oxygen atoms in total. The number of aromatic nitrogens is 1. The zero-order chi connectivity index (χ0) is 18.7. The van der Waals surface area contributed by atoms with Crippen molar-refractivity contribution in [2.45, 2.75) is 27.2 Å². The van der Waals surface area contributed by atoms with Crippen molar-refractivity contribution >= 4 is 40.7 Å². The molecule has 25 heavy (non-hydrogen) atoms. The molecule has 0 spiro atoms. The second-order valence-corrected chi connectivity index (χ2v) is 6.50. The quantitative estimate of drug-likeness (QED) is 0.603. The number of halogens is 2. The SMILES string of the molecule is CC(=O)c1c(C)[nH]c(C(=O)COC(=O)Cc2ccc(Cl)c(Cl)c2)c1C. The van der Waals surface area contributed by atoms with Crippen molar-refractivity contribution in [3.05, 3.63) is 56.3 Å². The minimum atomic E-state index is -0.556. The van der Waals surface area contributed by atoms with Gasteiger partial charge in [0.05, 0.1) is 22.2 Å². The third-order valence-corrected chi connectivity index (χ3v) is 4.50. The number of ether oxygens (including phenoxy) is 1. The number of carbonyl (C=O) groups excluding carboxylic acids is 3. The Morgan fingerprint density at radius 2 is 1.80 bits per heavy atom. The van der Waals surface area contributed by atoms with Crippen LogP contribution in [0.5, 0.6) is 0 Å². The number of esters is 1. The molecule has 0 unspecified atom stereocenters. The summed E-state index contributed by atoms with van der Waals surface area (Å²) in [6.07, 6.45) is -0.0222. The molecule has 1 aromatic heterocycles. The maximum atomic E-state index is 12.3. The van der Waals surface area contributed by atoms with E-state index in [0.29, 0.717) is 32.4 Å². The van der Waals surface area contributed by atoms with E-state index in [2.05, 4.69) is 4.98 Å². The van der Waals surface area contributed by atoms with E-state index in [9.17, 15) is 14.4 Å². The maximum absolute atomic E-state index is 12.3. The molecule has 0 saturated heterocycles. The number of carbonyl (C=O) groups is 3. The maximum Gasteiger partial charge on any atom is 0.310 e. The van der Waals surface area contributed by atoms with Crippen LogP contribution in [0, 0.1) is 13.8 Å². The molecule has 1 heterocycles. The standard InChI is InChI=1S/C18H17Cl2NO4/c1-9-17(11(3)22)10(2)21-18(9)15(23)8-25-16(24)7-12-4-5-13(19)14(20)6-12/h4-6,21H,7-8H2,1-3H3. The van der Waals surface area contributed by atoms with Crippen LogP contribution in [0.15, 0.2) is 18.2 Å². The molecule has 132 valence electrons. The minimum Gasteiger partial charge on any atom is -0.457 e. The molecule has 0 atom stereocenters. The number of nitrogens with one attached hydrogen (secondary N) is 1. The van der Waals surface area contributed by atoms with Crippen LogP contribution in [0.3, 0.4) is 0 Å². The monoisotopic (exact) mass is 381 g/mol. The van der Waals surface area contributed by atoms with Gasteiger partial charge in [-0.1, -0.05) is 29.3 Å². The van der Waals surface area contributed by atoms with Gasteiger partial charge < -0.3 is 9.72 Å². The van der Waals surface area contributed by atoms with Crippen LogP contribution in [-0.4, -0.2) is 29.1 Å². The Balaban J connectivity index is 2.00. The van der Waals surface area contributed by atoms with Gasteiger partial charge in [0, 0.05) is 11.3 Å². The van der Waals surface area contributed by atoms with Crippen LogP contribution in [-0.2, 0) is 16.0 Å². The van der Waals surface area contributed by atoms with Gasteiger partial charge in [0.15, 0.2) is 12.4 Å². The smallest absolute Gasteiger partial charge is 0.310 e. The van der Waals surface area contributed by atoms with Gasteiger partial charge in [-0.25, -0.2) is 0 Å². The molecule has 0 saturated carbocycles. The number of benzene rings is 1. The molecule has 0 aliphatic rings. The van der Waals surface area contributed by atoms with Crippen molar-refractivity contribution in [3.63, 3.8) is 0 Å².